The third-order valence-corrected chi connectivity index (χ3v) is 4.24. The maximum atomic E-state index is 12.6. The average Bonchev–Trinajstić information content (AvgIpc) is 2.53. The van der Waals surface area contributed by atoms with Crippen LogP contribution in [-0.4, -0.2) is 29.6 Å². The third-order valence-electron chi connectivity index (χ3n) is 4.24. The highest BCUT2D eigenvalue weighted by atomic mass is 16.5. The van der Waals surface area contributed by atoms with E-state index in [-0.39, 0.29) is 30.4 Å². The van der Waals surface area contributed by atoms with Crippen molar-refractivity contribution in [3.05, 3.63) is 35.4 Å². The van der Waals surface area contributed by atoms with E-state index in [0.29, 0.717) is 13.0 Å². The molecule has 1 aromatic carbocycles. The molecule has 1 amide bonds. The van der Waals surface area contributed by atoms with Crippen LogP contribution in [0.3, 0.4) is 0 Å². The summed E-state index contributed by atoms with van der Waals surface area (Å²) in [6.07, 6.45) is 1.92. The Hall–Kier alpha value is -1.88. The summed E-state index contributed by atoms with van der Waals surface area (Å²) in [6.45, 7) is 4.53. The number of ether oxygens (including phenoxy) is 1. The van der Waals surface area contributed by atoms with E-state index in [1.165, 1.54) is 5.56 Å². The Balaban J connectivity index is 2.01. The second-order valence-electron chi connectivity index (χ2n) is 6.29. The van der Waals surface area contributed by atoms with Gasteiger partial charge in [0.05, 0.1) is 12.0 Å². The second-order valence-corrected chi connectivity index (χ2v) is 6.29. The molecule has 3 atom stereocenters. The monoisotopic (exact) mass is 319 g/mol. The molecule has 0 aliphatic carbocycles. The van der Waals surface area contributed by atoms with Gasteiger partial charge in [-0.3, -0.25) is 9.59 Å². The first kappa shape index (κ1) is 17.5. The Labute approximate surface area is 137 Å². The summed E-state index contributed by atoms with van der Waals surface area (Å²) in [5, 5.41) is 11.7. The van der Waals surface area contributed by atoms with Crippen molar-refractivity contribution in [1.82, 2.24) is 5.32 Å². The Morgan fingerprint density at radius 1 is 1.35 bits per heavy atom. The fraction of sp³-hybridized carbons (Fsp3) is 0.556. The minimum absolute atomic E-state index is 0.0480. The van der Waals surface area contributed by atoms with E-state index < -0.39 is 5.97 Å². The van der Waals surface area contributed by atoms with Gasteiger partial charge in [0.2, 0.25) is 5.91 Å². The van der Waals surface area contributed by atoms with Crippen molar-refractivity contribution in [1.29, 1.82) is 0 Å². The highest BCUT2D eigenvalue weighted by Crippen LogP contribution is 2.34. The highest BCUT2D eigenvalue weighted by Gasteiger charge is 2.33. The summed E-state index contributed by atoms with van der Waals surface area (Å²) in [7, 11) is 0. The van der Waals surface area contributed by atoms with Crippen LogP contribution < -0.4 is 5.32 Å². The van der Waals surface area contributed by atoms with E-state index in [9.17, 15) is 9.59 Å². The van der Waals surface area contributed by atoms with Crippen LogP contribution in [-0.2, 0) is 14.3 Å². The van der Waals surface area contributed by atoms with E-state index in [2.05, 4.69) is 5.32 Å². The number of hydrogen-bond acceptors (Lipinski definition) is 3. The average molecular weight is 319 g/mol. The zero-order valence-corrected chi connectivity index (χ0v) is 13.7. The minimum atomic E-state index is -0.843. The quantitative estimate of drug-likeness (QED) is 0.845. The second kappa shape index (κ2) is 8.11. The lowest BCUT2D eigenvalue weighted by atomic mass is 9.88. The largest absolute Gasteiger partial charge is 0.481 e. The van der Waals surface area contributed by atoms with Crippen molar-refractivity contribution < 1.29 is 19.4 Å². The normalized spacial score (nSPS) is 22.3. The smallest absolute Gasteiger partial charge is 0.303 e. The minimum Gasteiger partial charge on any atom is -0.481 e. The summed E-state index contributed by atoms with van der Waals surface area (Å²) in [4.78, 5) is 23.2. The van der Waals surface area contributed by atoms with Gasteiger partial charge in [-0.1, -0.05) is 29.8 Å². The summed E-state index contributed by atoms with van der Waals surface area (Å²) in [5.74, 6) is -1.11. The van der Waals surface area contributed by atoms with Gasteiger partial charge in [-0.05, 0) is 38.7 Å². The van der Waals surface area contributed by atoms with Gasteiger partial charge in [0, 0.05) is 19.1 Å². The molecule has 2 N–H and O–H groups in total. The first-order valence-corrected chi connectivity index (χ1v) is 8.17. The van der Waals surface area contributed by atoms with Crippen LogP contribution in [0.5, 0.6) is 0 Å². The van der Waals surface area contributed by atoms with Crippen molar-refractivity contribution >= 4 is 11.9 Å². The van der Waals surface area contributed by atoms with Crippen LogP contribution in [0.2, 0.25) is 0 Å². The molecule has 1 aliphatic heterocycles. The van der Waals surface area contributed by atoms with Crippen molar-refractivity contribution in [3.8, 4) is 0 Å². The van der Waals surface area contributed by atoms with Gasteiger partial charge in [0.15, 0.2) is 0 Å². The number of carboxylic acid groups (broad SMARTS) is 1. The van der Waals surface area contributed by atoms with E-state index in [1.54, 1.807) is 0 Å². The first-order chi connectivity index (χ1) is 11.0. The molecule has 0 aromatic heterocycles. The molecule has 5 heteroatoms. The molecule has 1 heterocycles. The SMILES string of the molecule is Cc1ccc(C2OCCCC2C(=O)NC(C)CCC(=O)O)cc1. The van der Waals surface area contributed by atoms with Gasteiger partial charge in [-0.15, -0.1) is 0 Å². The van der Waals surface area contributed by atoms with Crippen LogP contribution in [0.1, 0.15) is 49.8 Å². The summed E-state index contributed by atoms with van der Waals surface area (Å²) in [6, 6.07) is 7.92. The molecule has 0 bridgehead atoms. The fourth-order valence-electron chi connectivity index (χ4n) is 2.90. The number of aryl methyl sites for hydroxylation is 1. The van der Waals surface area contributed by atoms with Gasteiger partial charge in [-0.25, -0.2) is 0 Å². The van der Waals surface area contributed by atoms with Gasteiger partial charge >= 0.3 is 5.97 Å². The number of carbonyl (C=O) groups excluding carboxylic acids is 1. The number of carboxylic acids is 1. The molecule has 0 saturated carbocycles. The van der Waals surface area contributed by atoms with Crippen molar-refractivity contribution in [2.45, 2.75) is 51.7 Å². The standard InChI is InChI=1S/C18H25NO4/c1-12-5-8-14(9-6-12)17-15(4-3-11-23-17)18(22)19-13(2)7-10-16(20)21/h5-6,8-9,13,15,17H,3-4,7,10-11H2,1-2H3,(H,19,22)(H,20,21). The molecule has 5 nitrogen and oxygen atoms in total. The molecule has 0 radical (unpaired) electrons. The van der Waals surface area contributed by atoms with Gasteiger partial charge in [-0.2, -0.15) is 0 Å². The van der Waals surface area contributed by atoms with E-state index in [1.807, 2.05) is 38.1 Å². The number of rotatable bonds is 6. The molecule has 1 saturated heterocycles. The van der Waals surface area contributed by atoms with Crippen molar-refractivity contribution in [3.63, 3.8) is 0 Å². The lowest BCUT2D eigenvalue weighted by Crippen LogP contribution is -2.41. The lowest BCUT2D eigenvalue weighted by molar-refractivity contribution is -0.138. The summed E-state index contributed by atoms with van der Waals surface area (Å²) in [5.41, 5.74) is 2.20. The third kappa shape index (κ3) is 5.06. The Kier molecular flexibility index (Phi) is 6.16. The van der Waals surface area contributed by atoms with Gasteiger partial charge in [0.25, 0.3) is 0 Å². The Bertz CT molecular complexity index is 540. The number of carbonyl (C=O) groups is 2. The van der Waals surface area contributed by atoms with E-state index in [0.717, 1.165) is 18.4 Å². The number of amides is 1. The summed E-state index contributed by atoms with van der Waals surface area (Å²) < 4.78 is 5.86. The molecule has 126 valence electrons. The molecule has 2 rings (SSSR count). The van der Waals surface area contributed by atoms with Crippen LogP contribution in [0.25, 0.3) is 0 Å². The van der Waals surface area contributed by atoms with Crippen LogP contribution in [0.4, 0.5) is 0 Å². The number of benzene rings is 1. The van der Waals surface area contributed by atoms with Crippen LogP contribution in [0, 0.1) is 12.8 Å². The van der Waals surface area contributed by atoms with E-state index >= 15 is 0 Å². The molecule has 1 aliphatic rings. The van der Waals surface area contributed by atoms with Crippen LogP contribution >= 0.6 is 0 Å². The molecule has 23 heavy (non-hydrogen) atoms. The van der Waals surface area contributed by atoms with Gasteiger partial charge < -0.3 is 15.2 Å². The van der Waals surface area contributed by atoms with Crippen molar-refractivity contribution in [2.24, 2.45) is 5.92 Å². The van der Waals surface area contributed by atoms with Gasteiger partial charge in [0.1, 0.15) is 0 Å². The molecule has 0 spiro atoms. The van der Waals surface area contributed by atoms with Crippen LogP contribution in [0.15, 0.2) is 24.3 Å². The predicted molar refractivity (Wildman–Crippen MR) is 87.1 cm³/mol. The number of nitrogens with one attached hydrogen (secondary N) is 1. The Morgan fingerprint density at radius 2 is 2.04 bits per heavy atom. The van der Waals surface area contributed by atoms with E-state index in [4.69, 9.17) is 9.84 Å². The Morgan fingerprint density at radius 3 is 2.70 bits per heavy atom. The zero-order valence-electron chi connectivity index (χ0n) is 13.7. The summed E-state index contributed by atoms with van der Waals surface area (Å²) >= 11 is 0. The lowest BCUT2D eigenvalue weighted by Gasteiger charge is -2.32. The first-order valence-electron chi connectivity index (χ1n) is 8.17. The zero-order chi connectivity index (χ0) is 16.8. The number of aliphatic carboxylic acids is 1. The molecule has 3 unspecified atom stereocenters. The maximum Gasteiger partial charge on any atom is 0.303 e. The fourth-order valence-corrected chi connectivity index (χ4v) is 2.90. The maximum absolute atomic E-state index is 12.6. The molecule has 1 aromatic rings. The number of hydrogen-bond donors (Lipinski definition) is 2. The van der Waals surface area contributed by atoms with Crippen molar-refractivity contribution in [2.75, 3.05) is 6.61 Å². The molecular formula is C18H25NO4. The molecular weight excluding hydrogens is 294 g/mol. The predicted octanol–water partition coefficient (Wildman–Crippen LogP) is 2.83. The topological polar surface area (TPSA) is 75.6 Å². The molecule has 1 fully saturated rings. The highest BCUT2D eigenvalue weighted by molar-refractivity contribution is 5.80.